The zero-order valence-electron chi connectivity index (χ0n) is 27.8. The van der Waals surface area contributed by atoms with Crippen LogP contribution in [0.3, 0.4) is 0 Å². The van der Waals surface area contributed by atoms with Crippen molar-refractivity contribution < 1.29 is 0 Å². The van der Waals surface area contributed by atoms with E-state index in [1.54, 1.807) is 0 Å². The summed E-state index contributed by atoms with van der Waals surface area (Å²) in [6, 6.07) is 69.2. The van der Waals surface area contributed by atoms with Crippen molar-refractivity contribution in [3.63, 3.8) is 0 Å². The molecule has 0 atom stereocenters. The first-order valence-electron chi connectivity index (χ1n) is 17.7. The molecular formula is C50H31N. The summed E-state index contributed by atoms with van der Waals surface area (Å²) in [5, 5.41) is 7.69. The molecule has 0 unspecified atom stereocenters. The van der Waals surface area contributed by atoms with Crippen molar-refractivity contribution in [1.82, 2.24) is 4.57 Å². The first kappa shape index (κ1) is 28.2. The van der Waals surface area contributed by atoms with E-state index in [0.29, 0.717) is 0 Å². The van der Waals surface area contributed by atoms with Crippen LogP contribution in [0.4, 0.5) is 0 Å². The summed E-state index contributed by atoms with van der Waals surface area (Å²) in [5.41, 5.74) is 16.3. The van der Waals surface area contributed by atoms with Crippen LogP contribution in [0.1, 0.15) is 0 Å². The van der Waals surface area contributed by atoms with E-state index in [4.69, 9.17) is 0 Å². The fourth-order valence-corrected chi connectivity index (χ4v) is 8.76. The summed E-state index contributed by atoms with van der Waals surface area (Å²) in [6.45, 7) is 0. The molecule has 236 valence electrons. The SMILES string of the molecule is c1ccc(-c2cc(-c3ccc(-n4c5ccccc5c5ccc6ccccc6c54)cc3)c(-c3ccccc3)c3c2-c2cccc4cccc-3c24)cc1. The van der Waals surface area contributed by atoms with E-state index in [9.17, 15) is 0 Å². The van der Waals surface area contributed by atoms with Crippen LogP contribution in [-0.4, -0.2) is 4.57 Å². The Morgan fingerprint density at radius 3 is 1.67 bits per heavy atom. The van der Waals surface area contributed by atoms with Crippen LogP contribution < -0.4 is 0 Å². The summed E-state index contributed by atoms with van der Waals surface area (Å²) < 4.78 is 2.45. The zero-order valence-corrected chi connectivity index (χ0v) is 27.8. The van der Waals surface area contributed by atoms with Gasteiger partial charge < -0.3 is 4.57 Å². The highest BCUT2D eigenvalue weighted by molar-refractivity contribution is 6.23. The van der Waals surface area contributed by atoms with Gasteiger partial charge in [-0.05, 0) is 96.1 Å². The van der Waals surface area contributed by atoms with Gasteiger partial charge >= 0.3 is 0 Å². The lowest BCUT2D eigenvalue weighted by Crippen LogP contribution is -1.96. The van der Waals surface area contributed by atoms with Gasteiger partial charge in [0.15, 0.2) is 0 Å². The quantitative estimate of drug-likeness (QED) is 0.179. The van der Waals surface area contributed by atoms with Crippen LogP contribution in [0.2, 0.25) is 0 Å². The Morgan fingerprint density at radius 1 is 0.314 bits per heavy atom. The first-order chi connectivity index (χ1) is 25.3. The number of hydrogen-bond acceptors (Lipinski definition) is 0. The number of para-hydroxylation sites is 1. The molecule has 0 N–H and O–H groups in total. The molecule has 0 aliphatic heterocycles. The van der Waals surface area contributed by atoms with E-state index in [2.05, 4.69) is 193 Å². The van der Waals surface area contributed by atoms with Crippen molar-refractivity contribution in [2.45, 2.75) is 0 Å². The molecule has 0 radical (unpaired) electrons. The van der Waals surface area contributed by atoms with Crippen LogP contribution in [0.15, 0.2) is 188 Å². The van der Waals surface area contributed by atoms with Gasteiger partial charge in [-0.1, -0.05) is 164 Å². The minimum atomic E-state index is 1.16. The van der Waals surface area contributed by atoms with E-state index in [1.807, 2.05) is 0 Å². The molecule has 1 heteroatoms. The highest BCUT2D eigenvalue weighted by Crippen LogP contribution is 2.57. The average molecular weight is 646 g/mol. The fourth-order valence-electron chi connectivity index (χ4n) is 8.76. The van der Waals surface area contributed by atoms with Gasteiger partial charge in [0.05, 0.1) is 11.0 Å². The van der Waals surface area contributed by atoms with Gasteiger partial charge in [-0.2, -0.15) is 0 Å². The number of nitrogens with zero attached hydrogens (tertiary/aromatic N) is 1. The van der Waals surface area contributed by atoms with Gasteiger partial charge in [-0.15, -0.1) is 0 Å². The minimum absolute atomic E-state index is 1.16. The van der Waals surface area contributed by atoms with E-state index in [1.165, 1.54) is 99.0 Å². The molecule has 1 aliphatic rings. The number of hydrogen-bond donors (Lipinski definition) is 0. The van der Waals surface area contributed by atoms with Crippen molar-refractivity contribution in [1.29, 1.82) is 0 Å². The molecule has 0 fully saturated rings. The predicted octanol–water partition coefficient (Wildman–Crippen LogP) is 13.7. The highest BCUT2D eigenvalue weighted by atomic mass is 15.0. The van der Waals surface area contributed by atoms with Crippen molar-refractivity contribution in [3.05, 3.63) is 188 Å². The van der Waals surface area contributed by atoms with Crippen molar-refractivity contribution in [2.75, 3.05) is 0 Å². The molecule has 0 amide bonds. The summed E-state index contributed by atoms with van der Waals surface area (Å²) in [6.07, 6.45) is 0. The Bertz CT molecular complexity index is 2980. The second kappa shape index (κ2) is 10.9. The van der Waals surface area contributed by atoms with Crippen LogP contribution in [0.25, 0.3) is 105 Å². The lowest BCUT2D eigenvalue weighted by atomic mass is 9.82. The van der Waals surface area contributed by atoms with Crippen molar-refractivity contribution in [2.24, 2.45) is 0 Å². The van der Waals surface area contributed by atoms with E-state index < -0.39 is 0 Å². The molecule has 1 heterocycles. The summed E-state index contributed by atoms with van der Waals surface area (Å²) in [4.78, 5) is 0. The van der Waals surface area contributed by atoms with Crippen molar-refractivity contribution in [3.8, 4) is 61.3 Å². The molecule has 1 nitrogen and oxygen atoms in total. The van der Waals surface area contributed by atoms with Crippen LogP contribution in [0, 0.1) is 0 Å². The lowest BCUT2D eigenvalue weighted by molar-refractivity contribution is 1.19. The Balaban J connectivity index is 1.20. The first-order valence-corrected chi connectivity index (χ1v) is 17.7. The molecular weight excluding hydrogens is 615 g/mol. The summed E-state index contributed by atoms with van der Waals surface area (Å²) >= 11 is 0. The highest BCUT2D eigenvalue weighted by Gasteiger charge is 2.30. The van der Waals surface area contributed by atoms with Crippen LogP contribution in [0.5, 0.6) is 0 Å². The standard InChI is InChI=1S/C50H31N/c1-3-13-32(14-4-1)44-31-43(47(36-16-5-2-6-17-36)49-42-23-12-19-35-18-11-22-41(46(35)42)48(44)49)34-25-28-37(29-26-34)51-45-24-10-9-21-39(45)40-30-27-33-15-7-8-20-38(33)50(40)51/h1-31H. The van der Waals surface area contributed by atoms with Gasteiger partial charge in [0.25, 0.3) is 0 Å². The Labute approximate surface area is 296 Å². The van der Waals surface area contributed by atoms with E-state index in [0.717, 1.165) is 5.69 Å². The maximum atomic E-state index is 2.45. The zero-order chi connectivity index (χ0) is 33.5. The normalized spacial score (nSPS) is 11.9. The Morgan fingerprint density at radius 2 is 0.902 bits per heavy atom. The van der Waals surface area contributed by atoms with Gasteiger partial charge in [-0.25, -0.2) is 0 Å². The smallest absolute Gasteiger partial charge is 0.0619 e. The summed E-state index contributed by atoms with van der Waals surface area (Å²) in [7, 11) is 0. The second-order valence-corrected chi connectivity index (χ2v) is 13.6. The maximum absolute atomic E-state index is 2.45. The molecule has 9 aromatic carbocycles. The molecule has 0 saturated heterocycles. The number of fused-ring (bicyclic) bond motifs is 8. The molecule has 1 aliphatic carbocycles. The third kappa shape index (κ3) is 4.09. The third-order valence-corrected chi connectivity index (χ3v) is 10.9. The lowest BCUT2D eigenvalue weighted by Gasteiger charge is -2.21. The number of aromatic nitrogens is 1. The monoisotopic (exact) mass is 645 g/mol. The Kier molecular flexibility index (Phi) is 6.02. The maximum Gasteiger partial charge on any atom is 0.0619 e. The van der Waals surface area contributed by atoms with Gasteiger partial charge in [-0.3, -0.25) is 0 Å². The van der Waals surface area contributed by atoms with Gasteiger partial charge in [0, 0.05) is 21.8 Å². The fraction of sp³-hybridized carbons (Fsp3) is 0. The predicted molar refractivity (Wildman–Crippen MR) is 217 cm³/mol. The second-order valence-electron chi connectivity index (χ2n) is 13.6. The molecule has 0 saturated carbocycles. The van der Waals surface area contributed by atoms with E-state index >= 15 is 0 Å². The topological polar surface area (TPSA) is 4.93 Å². The molecule has 1 aromatic heterocycles. The third-order valence-electron chi connectivity index (χ3n) is 10.9. The number of benzene rings is 9. The van der Waals surface area contributed by atoms with Gasteiger partial charge in [0.1, 0.15) is 0 Å². The minimum Gasteiger partial charge on any atom is -0.309 e. The van der Waals surface area contributed by atoms with Crippen molar-refractivity contribution >= 4 is 43.4 Å². The van der Waals surface area contributed by atoms with E-state index in [-0.39, 0.29) is 0 Å². The molecule has 10 aromatic rings. The summed E-state index contributed by atoms with van der Waals surface area (Å²) in [5.74, 6) is 0. The van der Waals surface area contributed by atoms with Gasteiger partial charge in [0.2, 0.25) is 0 Å². The molecule has 11 rings (SSSR count). The molecule has 51 heavy (non-hydrogen) atoms. The Hall–Kier alpha value is -6.70. The average Bonchev–Trinajstić information content (AvgIpc) is 3.73. The molecule has 0 spiro atoms. The van der Waals surface area contributed by atoms with Crippen LogP contribution in [-0.2, 0) is 0 Å². The molecule has 0 bridgehead atoms. The van der Waals surface area contributed by atoms with Crippen LogP contribution >= 0.6 is 0 Å². The number of rotatable bonds is 4. The largest absolute Gasteiger partial charge is 0.309 e.